The summed E-state index contributed by atoms with van der Waals surface area (Å²) in [5, 5.41) is 3.31. The first kappa shape index (κ1) is 9.41. The first-order valence-corrected chi connectivity index (χ1v) is 5.17. The molecule has 0 saturated heterocycles. The predicted molar refractivity (Wildman–Crippen MR) is 56.5 cm³/mol. The summed E-state index contributed by atoms with van der Waals surface area (Å²) in [4.78, 5) is 11.7. The molecule has 14 heavy (non-hydrogen) atoms. The zero-order valence-electron chi connectivity index (χ0n) is 8.47. The molecule has 0 radical (unpaired) electrons. The maximum absolute atomic E-state index is 11.7. The van der Waals surface area contributed by atoms with E-state index in [0.717, 1.165) is 25.1 Å². The molecule has 0 saturated carbocycles. The molecule has 2 heteroatoms. The van der Waals surface area contributed by atoms with Gasteiger partial charge in [0.15, 0.2) is 5.78 Å². The summed E-state index contributed by atoms with van der Waals surface area (Å²) in [5.41, 5.74) is 3.49. The first-order chi connectivity index (χ1) is 6.83. The molecule has 2 rings (SSSR count). The van der Waals surface area contributed by atoms with Crippen molar-refractivity contribution in [2.24, 2.45) is 0 Å². The molecular weight excluding hydrogens is 174 g/mol. The van der Waals surface area contributed by atoms with Crippen molar-refractivity contribution in [3.63, 3.8) is 0 Å². The van der Waals surface area contributed by atoms with Gasteiger partial charge in [0.1, 0.15) is 0 Å². The molecule has 1 heterocycles. The monoisotopic (exact) mass is 189 g/mol. The number of carbonyl (C=O) groups excluding carboxylic acids is 1. The Labute approximate surface area is 84.3 Å². The maximum Gasteiger partial charge on any atom is 0.162 e. The number of benzene rings is 1. The van der Waals surface area contributed by atoms with Gasteiger partial charge in [0.05, 0.1) is 0 Å². The lowest BCUT2D eigenvalue weighted by Crippen LogP contribution is -2.25. The van der Waals surface area contributed by atoms with E-state index in [0.29, 0.717) is 6.42 Å². The van der Waals surface area contributed by atoms with E-state index < -0.39 is 0 Å². The smallest absolute Gasteiger partial charge is 0.162 e. The third-order valence-electron chi connectivity index (χ3n) is 2.76. The second-order valence-electron chi connectivity index (χ2n) is 3.65. The Morgan fingerprint density at radius 3 is 3.14 bits per heavy atom. The number of hydrogen-bond donors (Lipinski definition) is 1. The summed E-state index contributed by atoms with van der Waals surface area (Å²) in [6, 6.07) is 6.04. The van der Waals surface area contributed by atoms with Crippen LogP contribution in [-0.2, 0) is 13.0 Å². The molecule has 0 amide bonds. The average Bonchev–Trinajstić information content (AvgIpc) is 2.27. The second-order valence-corrected chi connectivity index (χ2v) is 3.65. The number of carbonyl (C=O) groups is 1. The predicted octanol–water partition coefficient (Wildman–Crippen LogP) is 1.93. The second kappa shape index (κ2) is 3.93. The molecule has 1 N–H and O–H groups in total. The highest BCUT2D eigenvalue weighted by Gasteiger charge is 2.15. The number of hydrogen-bond acceptors (Lipinski definition) is 2. The zero-order chi connectivity index (χ0) is 9.97. The van der Waals surface area contributed by atoms with Gasteiger partial charge in [-0.3, -0.25) is 4.79 Å². The van der Waals surface area contributed by atoms with Crippen LogP contribution >= 0.6 is 0 Å². The lowest BCUT2D eigenvalue weighted by molar-refractivity contribution is 0.0987. The van der Waals surface area contributed by atoms with Gasteiger partial charge in [-0.25, -0.2) is 0 Å². The summed E-state index contributed by atoms with van der Waals surface area (Å²) < 4.78 is 0. The van der Waals surface area contributed by atoms with Gasteiger partial charge in [-0.05, 0) is 24.1 Å². The first-order valence-electron chi connectivity index (χ1n) is 5.17. The normalized spacial score (nSPS) is 14.9. The van der Waals surface area contributed by atoms with Crippen LogP contribution in [0.2, 0.25) is 0 Å². The molecule has 0 aliphatic carbocycles. The topological polar surface area (TPSA) is 29.1 Å². The quantitative estimate of drug-likeness (QED) is 0.720. The van der Waals surface area contributed by atoms with Gasteiger partial charge in [0, 0.05) is 18.5 Å². The molecule has 1 aliphatic heterocycles. The largest absolute Gasteiger partial charge is 0.312 e. The van der Waals surface area contributed by atoms with Crippen molar-refractivity contribution < 1.29 is 4.79 Å². The van der Waals surface area contributed by atoms with Crippen molar-refractivity contribution in [2.45, 2.75) is 26.3 Å². The van der Waals surface area contributed by atoms with Gasteiger partial charge in [-0.15, -0.1) is 0 Å². The number of fused-ring (bicyclic) bond motifs is 1. The van der Waals surface area contributed by atoms with Gasteiger partial charge in [-0.1, -0.05) is 25.1 Å². The van der Waals surface area contributed by atoms with Gasteiger partial charge in [0.25, 0.3) is 0 Å². The summed E-state index contributed by atoms with van der Waals surface area (Å²) in [6.45, 7) is 3.81. The molecule has 0 atom stereocenters. The Balaban J connectivity index is 2.45. The number of ketones is 1. The van der Waals surface area contributed by atoms with Crippen molar-refractivity contribution >= 4 is 5.78 Å². The lowest BCUT2D eigenvalue weighted by atomic mass is 9.93. The fourth-order valence-electron chi connectivity index (χ4n) is 1.98. The molecular formula is C12H15NO. The van der Waals surface area contributed by atoms with E-state index >= 15 is 0 Å². The fraction of sp³-hybridized carbons (Fsp3) is 0.417. The maximum atomic E-state index is 11.7. The highest BCUT2D eigenvalue weighted by molar-refractivity contribution is 5.97. The highest BCUT2D eigenvalue weighted by Crippen LogP contribution is 2.19. The SMILES string of the molecule is CCC(=O)c1cccc2c1CCNC2. The van der Waals surface area contributed by atoms with E-state index in [4.69, 9.17) is 0 Å². The molecule has 0 aromatic heterocycles. The van der Waals surface area contributed by atoms with Gasteiger partial charge in [0.2, 0.25) is 0 Å². The van der Waals surface area contributed by atoms with Crippen LogP contribution in [0.15, 0.2) is 18.2 Å². The van der Waals surface area contributed by atoms with Crippen LogP contribution in [-0.4, -0.2) is 12.3 Å². The fourth-order valence-corrected chi connectivity index (χ4v) is 1.98. The van der Waals surface area contributed by atoms with E-state index in [9.17, 15) is 4.79 Å². The van der Waals surface area contributed by atoms with Gasteiger partial charge < -0.3 is 5.32 Å². The molecule has 1 aromatic carbocycles. The van der Waals surface area contributed by atoms with Crippen LogP contribution in [0.5, 0.6) is 0 Å². The molecule has 0 spiro atoms. The standard InChI is InChI=1S/C12H15NO/c1-2-12(14)11-5-3-4-9-8-13-7-6-10(9)11/h3-5,13H,2,6-8H2,1H3. The molecule has 1 aliphatic rings. The van der Waals surface area contributed by atoms with Crippen LogP contribution in [0.25, 0.3) is 0 Å². The third-order valence-corrected chi connectivity index (χ3v) is 2.76. The Morgan fingerprint density at radius 2 is 2.36 bits per heavy atom. The van der Waals surface area contributed by atoms with E-state index in [2.05, 4.69) is 11.4 Å². The van der Waals surface area contributed by atoms with E-state index in [1.807, 2.05) is 19.1 Å². The number of rotatable bonds is 2. The van der Waals surface area contributed by atoms with Gasteiger partial charge >= 0.3 is 0 Å². The lowest BCUT2D eigenvalue weighted by Gasteiger charge is -2.19. The number of nitrogens with one attached hydrogen (secondary N) is 1. The minimum atomic E-state index is 0.267. The summed E-state index contributed by atoms with van der Waals surface area (Å²) >= 11 is 0. The van der Waals surface area contributed by atoms with Gasteiger partial charge in [-0.2, -0.15) is 0 Å². The number of Topliss-reactive ketones (excluding diaryl/α,β-unsaturated/α-hetero) is 1. The Bertz CT molecular complexity index is 357. The molecule has 0 bridgehead atoms. The Hall–Kier alpha value is -1.15. The summed E-state index contributed by atoms with van der Waals surface area (Å²) in [6.07, 6.45) is 1.58. The van der Waals surface area contributed by atoms with Crippen LogP contribution in [0.3, 0.4) is 0 Å². The van der Waals surface area contributed by atoms with Crippen LogP contribution in [0, 0.1) is 0 Å². The molecule has 1 aromatic rings. The van der Waals surface area contributed by atoms with E-state index in [1.54, 1.807) is 0 Å². The van der Waals surface area contributed by atoms with Crippen molar-refractivity contribution in [3.8, 4) is 0 Å². The van der Waals surface area contributed by atoms with Crippen molar-refractivity contribution in [2.75, 3.05) is 6.54 Å². The van der Waals surface area contributed by atoms with Crippen molar-refractivity contribution in [1.82, 2.24) is 5.32 Å². The van der Waals surface area contributed by atoms with Crippen LogP contribution in [0.1, 0.15) is 34.8 Å². The minimum absolute atomic E-state index is 0.267. The van der Waals surface area contributed by atoms with E-state index in [1.165, 1.54) is 11.1 Å². The molecule has 2 nitrogen and oxygen atoms in total. The van der Waals surface area contributed by atoms with Crippen molar-refractivity contribution in [3.05, 3.63) is 34.9 Å². The average molecular weight is 189 g/mol. The van der Waals surface area contributed by atoms with Crippen LogP contribution < -0.4 is 5.32 Å². The Morgan fingerprint density at radius 1 is 1.50 bits per heavy atom. The van der Waals surface area contributed by atoms with E-state index in [-0.39, 0.29) is 5.78 Å². The summed E-state index contributed by atoms with van der Waals surface area (Å²) in [5.74, 6) is 0.267. The molecule has 0 unspecified atom stereocenters. The third kappa shape index (κ3) is 1.58. The van der Waals surface area contributed by atoms with Crippen LogP contribution in [0.4, 0.5) is 0 Å². The summed E-state index contributed by atoms with van der Waals surface area (Å²) in [7, 11) is 0. The molecule has 0 fully saturated rings. The minimum Gasteiger partial charge on any atom is -0.312 e. The highest BCUT2D eigenvalue weighted by atomic mass is 16.1. The zero-order valence-corrected chi connectivity index (χ0v) is 8.47. The van der Waals surface area contributed by atoms with Crippen molar-refractivity contribution in [1.29, 1.82) is 0 Å². The Kier molecular flexibility index (Phi) is 2.64. The molecule has 74 valence electrons.